The summed E-state index contributed by atoms with van der Waals surface area (Å²) in [5.74, 6) is -0.0463. The third-order valence-electron chi connectivity index (χ3n) is 6.65. The van der Waals surface area contributed by atoms with Crippen LogP contribution in [0.4, 0.5) is 10.5 Å². The van der Waals surface area contributed by atoms with Gasteiger partial charge in [0.1, 0.15) is 5.54 Å². The zero-order valence-electron chi connectivity index (χ0n) is 16.6. The first-order valence-electron chi connectivity index (χ1n) is 10.5. The number of hydrogen-bond acceptors (Lipinski definition) is 3. The van der Waals surface area contributed by atoms with Gasteiger partial charge in [-0.25, -0.2) is 9.69 Å². The number of nitrogens with zero attached hydrogens (tertiary/aromatic N) is 2. The zero-order chi connectivity index (χ0) is 19.8. The predicted octanol–water partition coefficient (Wildman–Crippen LogP) is 0.829. The van der Waals surface area contributed by atoms with Crippen LogP contribution in [0.1, 0.15) is 17.5 Å². The van der Waals surface area contributed by atoms with Crippen LogP contribution in [0.3, 0.4) is 0 Å². The summed E-state index contributed by atoms with van der Waals surface area (Å²) < 4.78 is 0. The molecule has 2 aromatic rings. The summed E-state index contributed by atoms with van der Waals surface area (Å²) in [6, 6.07) is 18.4. The quantitative estimate of drug-likeness (QED) is 0.762. The summed E-state index contributed by atoms with van der Waals surface area (Å²) in [7, 11) is 0. The van der Waals surface area contributed by atoms with Crippen molar-refractivity contribution in [1.29, 1.82) is 0 Å². The number of benzene rings is 2. The molecule has 0 saturated carbocycles. The Bertz CT molecular complexity index is 923. The van der Waals surface area contributed by atoms with Crippen LogP contribution in [0.5, 0.6) is 0 Å². The summed E-state index contributed by atoms with van der Waals surface area (Å²) >= 11 is 0. The number of para-hydroxylation sites is 1. The van der Waals surface area contributed by atoms with E-state index in [0.29, 0.717) is 19.5 Å². The van der Waals surface area contributed by atoms with Crippen LogP contribution in [0, 0.1) is 0 Å². The third kappa shape index (κ3) is 3.27. The topological polar surface area (TPSA) is 57.1 Å². The molecule has 2 heterocycles. The second kappa shape index (κ2) is 7.19. The minimum Gasteiger partial charge on any atom is -0.360 e. The maximum Gasteiger partial charge on any atom is 0.329 e. The number of fused-ring (bicyclic) bond motifs is 1. The van der Waals surface area contributed by atoms with Crippen LogP contribution in [-0.4, -0.2) is 55.2 Å². The van der Waals surface area contributed by atoms with Crippen LogP contribution in [0.2, 0.25) is 0 Å². The number of urea groups is 1. The number of carbonyl (C=O) groups is 2. The summed E-state index contributed by atoms with van der Waals surface area (Å²) in [6.45, 7) is 4.16. The van der Waals surface area contributed by atoms with E-state index in [9.17, 15) is 9.59 Å². The summed E-state index contributed by atoms with van der Waals surface area (Å²) in [6.07, 6.45) is 2.11. The highest BCUT2D eigenvalue weighted by molar-refractivity contribution is 6.07. The van der Waals surface area contributed by atoms with E-state index in [1.807, 2.05) is 18.2 Å². The Kier molecular flexibility index (Phi) is 4.51. The molecule has 3 aliphatic rings. The van der Waals surface area contributed by atoms with Crippen molar-refractivity contribution in [2.24, 2.45) is 0 Å². The fourth-order valence-electron chi connectivity index (χ4n) is 4.95. The summed E-state index contributed by atoms with van der Waals surface area (Å²) in [5, 5.41) is 3.05. The monoisotopic (exact) mass is 391 g/mol. The van der Waals surface area contributed by atoms with E-state index < -0.39 is 5.54 Å². The van der Waals surface area contributed by atoms with Crippen molar-refractivity contribution in [2.45, 2.75) is 24.8 Å². The minimum atomic E-state index is -0.753. The molecule has 0 aromatic heterocycles. The predicted molar refractivity (Wildman–Crippen MR) is 111 cm³/mol. The van der Waals surface area contributed by atoms with Crippen LogP contribution >= 0.6 is 0 Å². The lowest BCUT2D eigenvalue weighted by atomic mass is 9.78. The molecule has 3 amide bonds. The zero-order valence-corrected chi connectivity index (χ0v) is 16.6. The highest BCUT2D eigenvalue weighted by Gasteiger charge is 2.53. The van der Waals surface area contributed by atoms with Gasteiger partial charge in [0.2, 0.25) is 0 Å². The van der Waals surface area contributed by atoms with Crippen molar-refractivity contribution in [3.63, 3.8) is 0 Å². The van der Waals surface area contributed by atoms with Crippen LogP contribution in [0.25, 0.3) is 0 Å². The van der Waals surface area contributed by atoms with Gasteiger partial charge in [0.15, 0.2) is 6.67 Å². The summed E-state index contributed by atoms with van der Waals surface area (Å²) in [4.78, 5) is 31.1. The Hall–Kier alpha value is -2.86. The van der Waals surface area contributed by atoms with E-state index in [2.05, 4.69) is 46.6 Å². The molecule has 2 N–H and O–H groups in total. The van der Waals surface area contributed by atoms with Crippen molar-refractivity contribution in [2.75, 3.05) is 37.7 Å². The fraction of sp³-hybridized carbons (Fsp3) is 0.391. The molecular formula is C23H27N4O2+. The minimum absolute atomic E-state index is 0.0463. The largest absolute Gasteiger partial charge is 0.360 e. The average Bonchev–Trinajstić information content (AvgIpc) is 2.98. The van der Waals surface area contributed by atoms with Crippen molar-refractivity contribution in [3.8, 4) is 0 Å². The lowest BCUT2D eigenvalue weighted by Crippen LogP contribution is -3.16. The molecule has 6 heteroatoms. The van der Waals surface area contributed by atoms with Gasteiger partial charge in [-0.05, 0) is 36.1 Å². The fourth-order valence-corrected chi connectivity index (χ4v) is 4.95. The molecule has 150 valence electrons. The van der Waals surface area contributed by atoms with E-state index in [1.54, 1.807) is 0 Å². The number of carbonyl (C=O) groups excluding carboxylic acids is 2. The number of hydrogen-bond donors (Lipinski definition) is 2. The van der Waals surface area contributed by atoms with Gasteiger partial charge < -0.3 is 15.1 Å². The highest BCUT2D eigenvalue weighted by Crippen LogP contribution is 2.33. The molecule has 2 aromatic carbocycles. The van der Waals surface area contributed by atoms with Gasteiger partial charge in [-0.1, -0.05) is 42.5 Å². The number of anilines is 1. The molecule has 5 rings (SSSR count). The van der Waals surface area contributed by atoms with E-state index in [1.165, 1.54) is 26.6 Å². The van der Waals surface area contributed by atoms with Crippen molar-refractivity contribution in [1.82, 2.24) is 10.2 Å². The molecular weight excluding hydrogens is 364 g/mol. The van der Waals surface area contributed by atoms with Crippen LogP contribution < -0.4 is 15.1 Å². The number of quaternary nitrogens is 1. The number of piperazine rings is 1. The molecule has 1 aliphatic carbocycles. The first-order valence-corrected chi connectivity index (χ1v) is 10.5. The second-order valence-corrected chi connectivity index (χ2v) is 8.42. The smallest absolute Gasteiger partial charge is 0.329 e. The summed E-state index contributed by atoms with van der Waals surface area (Å²) in [5.41, 5.74) is 2.96. The Balaban J connectivity index is 1.24. The van der Waals surface area contributed by atoms with Gasteiger partial charge in [0, 0.05) is 12.1 Å². The molecule has 2 aliphatic heterocycles. The van der Waals surface area contributed by atoms with Gasteiger partial charge in [-0.2, -0.15) is 0 Å². The van der Waals surface area contributed by atoms with E-state index >= 15 is 0 Å². The van der Waals surface area contributed by atoms with E-state index in [0.717, 1.165) is 32.6 Å². The lowest BCUT2D eigenvalue weighted by Gasteiger charge is -2.35. The van der Waals surface area contributed by atoms with Gasteiger partial charge in [0.25, 0.3) is 5.91 Å². The van der Waals surface area contributed by atoms with Crippen molar-refractivity contribution in [3.05, 3.63) is 65.7 Å². The number of imide groups is 1. The normalized spacial score (nSPS) is 24.7. The molecule has 1 spiro atoms. The van der Waals surface area contributed by atoms with Crippen molar-refractivity contribution >= 4 is 17.6 Å². The molecule has 29 heavy (non-hydrogen) atoms. The molecule has 1 atom stereocenters. The van der Waals surface area contributed by atoms with Crippen LogP contribution in [-0.2, 0) is 17.6 Å². The number of aryl methyl sites for hydroxylation is 1. The van der Waals surface area contributed by atoms with Gasteiger partial charge >= 0.3 is 6.03 Å². The highest BCUT2D eigenvalue weighted by atomic mass is 16.2. The molecule has 0 radical (unpaired) electrons. The SMILES string of the molecule is O=C1N[C@]2(CCc3ccccc3C2)C(=O)N1C[NH+]1CCN(c2ccccc2)CC1. The van der Waals surface area contributed by atoms with Gasteiger partial charge in [-0.15, -0.1) is 0 Å². The number of amides is 3. The molecule has 0 bridgehead atoms. The number of rotatable bonds is 3. The van der Waals surface area contributed by atoms with Crippen molar-refractivity contribution < 1.29 is 14.5 Å². The molecule has 0 unspecified atom stereocenters. The average molecular weight is 391 g/mol. The second-order valence-electron chi connectivity index (χ2n) is 8.42. The first-order chi connectivity index (χ1) is 14.1. The maximum absolute atomic E-state index is 13.3. The Morgan fingerprint density at radius 1 is 0.931 bits per heavy atom. The van der Waals surface area contributed by atoms with E-state index in [4.69, 9.17) is 0 Å². The molecule has 6 nitrogen and oxygen atoms in total. The van der Waals surface area contributed by atoms with Crippen LogP contribution in [0.15, 0.2) is 54.6 Å². The number of nitrogens with one attached hydrogen (secondary N) is 2. The van der Waals surface area contributed by atoms with Gasteiger partial charge in [0.05, 0.1) is 26.2 Å². The Morgan fingerprint density at radius 2 is 1.62 bits per heavy atom. The Labute approximate surface area is 171 Å². The maximum atomic E-state index is 13.3. The molecule has 2 fully saturated rings. The Morgan fingerprint density at radius 3 is 2.38 bits per heavy atom. The standard InChI is InChI=1S/C23H26N4O2/c28-21-23(11-10-18-6-4-5-7-19(18)16-23)24-22(29)27(21)17-25-12-14-26(15-13-25)20-8-2-1-3-9-20/h1-9H,10-17H2,(H,24,29)/p+1/t23-/m0/s1. The lowest BCUT2D eigenvalue weighted by molar-refractivity contribution is -0.907. The van der Waals surface area contributed by atoms with Gasteiger partial charge in [-0.3, -0.25) is 4.79 Å². The third-order valence-corrected chi connectivity index (χ3v) is 6.65. The van der Waals surface area contributed by atoms with E-state index in [-0.39, 0.29) is 11.9 Å². The first kappa shape index (κ1) is 18.2. The molecule has 2 saturated heterocycles.